The van der Waals surface area contributed by atoms with Crippen LogP contribution in [0.4, 0.5) is 0 Å². The fraction of sp³-hybridized carbons (Fsp3) is 0.451. The summed E-state index contributed by atoms with van der Waals surface area (Å²) in [5.74, 6) is 0. The SMILES string of the molecule is CCCCc1ccc(C2=Cc3ccccc3C2[Si](C)(CCCCCCOC(C)(C)C)C2C(c3ccc(CCCC)cc3C)=Cc3ccccc32)c(C)c1. The third-order valence-corrected chi connectivity index (χ3v) is 17.5. The van der Waals surface area contributed by atoms with Gasteiger partial charge < -0.3 is 4.74 Å². The summed E-state index contributed by atoms with van der Waals surface area (Å²) in [6.45, 7) is 19.5. The molecule has 2 unspecified atom stereocenters. The summed E-state index contributed by atoms with van der Waals surface area (Å²) in [4.78, 5) is 0. The number of rotatable bonds is 17. The van der Waals surface area contributed by atoms with Gasteiger partial charge in [0.15, 0.2) is 0 Å². The fourth-order valence-electron chi connectivity index (χ4n) is 9.50. The number of unbranched alkanes of at least 4 members (excludes halogenated alkanes) is 5. The summed E-state index contributed by atoms with van der Waals surface area (Å²) in [5, 5.41) is 0. The predicted octanol–water partition coefficient (Wildman–Crippen LogP) is 14.5. The molecule has 4 aromatic rings. The molecule has 280 valence electrons. The third-order valence-electron chi connectivity index (χ3n) is 12.2. The van der Waals surface area contributed by atoms with Crippen LogP contribution in [-0.2, 0) is 17.6 Å². The van der Waals surface area contributed by atoms with Gasteiger partial charge in [-0.1, -0.05) is 156 Å². The van der Waals surface area contributed by atoms with E-state index in [9.17, 15) is 0 Å². The predicted molar refractivity (Wildman–Crippen MR) is 234 cm³/mol. The lowest BCUT2D eigenvalue weighted by molar-refractivity contribution is -0.00471. The average Bonchev–Trinajstić information content (AvgIpc) is 3.72. The minimum atomic E-state index is -2.26. The van der Waals surface area contributed by atoms with Crippen LogP contribution in [0.1, 0.15) is 153 Å². The van der Waals surface area contributed by atoms with E-state index in [0.717, 1.165) is 25.9 Å². The van der Waals surface area contributed by atoms with Gasteiger partial charge >= 0.3 is 0 Å². The van der Waals surface area contributed by atoms with Crippen LogP contribution < -0.4 is 0 Å². The van der Waals surface area contributed by atoms with Gasteiger partial charge in [0.25, 0.3) is 0 Å². The van der Waals surface area contributed by atoms with Crippen LogP contribution in [0.5, 0.6) is 0 Å². The molecule has 0 fully saturated rings. The summed E-state index contributed by atoms with van der Waals surface area (Å²) in [7, 11) is -2.26. The molecule has 2 heteroatoms. The number of hydrogen-bond donors (Lipinski definition) is 0. The number of allylic oxidation sites excluding steroid dienone is 2. The molecule has 0 aromatic heterocycles. The first kappa shape index (κ1) is 39.2. The van der Waals surface area contributed by atoms with Crippen molar-refractivity contribution in [1.29, 1.82) is 0 Å². The van der Waals surface area contributed by atoms with Gasteiger partial charge in [-0.2, -0.15) is 0 Å². The molecule has 0 heterocycles. The van der Waals surface area contributed by atoms with E-state index >= 15 is 0 Å². The van der Waals surface area contributed by atoms with Crippen molar-refractivity contribution in [1.82, 2.24) is 0 Å². The van der Waals surface area contributed by atoms with Gasteiger partial charge in [-0.25, -0.2) is 0 Å². The Hall–Kier alpha value is -3.46. The maximum Gasteiger partial charge on any atom is 0.0761 e. The molecule has 0 bridgehead atoms. The van der Waals surface area contributed by atoms with Crippen LogP contribution >= 0.6 is 0 Å². The van der Waals surface area contributed by atoms with Crippen LogP contribution in [0, 0.1) is 13.8 Å². The van der Waals surface area contributed by atoms with Gasteiger partial charge in [-0.05, 0) is 134 Å². The highest BCUT2D eigenvalue weighted by molar-refractivity contribution is 6.85. The first-order valence-corrected chi connectivity index (χ1v) is 23.8. The average molecular weight is 723 g/mol. The molecular formula is C51H66OSi. The Morgan fingerprint density at radius 2 is 1.06 bits per heavy atom. The number of benzene rings is 4. The number of aryl methyl sites for hydroxylation is 4. The van der Waals surface area contributed by atoms with Gasteiger partial charge in [0.05, 0.1) is 13.7 Å². The number of hydrogen-bond acceptors (Lipinski definition) is 1. The molecule has 0 saturated heterocycles. The molecule has 2 aliphatic carbocycles. The summed E-state index contributed by atoms with van der Waals surface area (Å²) in [6.07, 6.45) is 17.3. The van der Waals surface area contributed by atoms with E-state index in [2.05, 4.69) is 152 Å². The largest absolute Gasteiger partial charge is 0.376 e. The maximum absolute atomic E-state index is 6.12. The van der Waals surface area contributed by atoms with E-state index in [1.807, 2.05) is 0 Å². The van der Waals surface area contributed by atoms with Crippen LogP contribution in [0.25, 0.3) is 23.3 Å². The molecule has 0 radical (unpaired) electrons. The third kappa shape index (κ3) is 8.92. The minimum Gasteiger partial charge on any atom is -0.376 e. The van der Waals surface area contributed by atoms with Crippen molar-refractivity contribution in [2.75, 3.05) is 6.61 Å². The lowest BCUT2D eigenvalue weighted by Crippen LogP contribution is -2.45. The molecule has 1 nitrogen and oxygen atoms in total. The summed E-state index contributed by atoms with van der Waals surface area (Å²) >= 11 is 0. The van der Waals surface area contributed by atoms with E-state index in [1.165, 1.54) is 95.5 Å². The van der Waals surface area contributed by atoms with Crippen LogP contribution in [0.15, 0.2) is 84.9 Å². The number of ether oxygens (including phenoxy) is 1. The van der Waals surface area contributed by atoms with E-state index in [4.69, 9.17) is 4.74 Å². The lowest BCUT2D eigenvalue weighted by atomic mass is 9.94. The molecule has 2 aliphatic rings. The van der Waals surface area contributed by atoms with Gasteiger partial charge in [0.1, 0.15) is 0 Å². The molecule has 0 amide bonds. The minimum absolute atomic E-state index is 0.0681. The highest BCUT2D eigenvalue weighted by atomic mass is 28.3. The molecule has 0 saturated carbocycles. The lowest BCUT2D eigenvalue weighted by Gasteiger charge is -2.43. The van der Waals surface area contributed by atoms with E-state index in [-0.39, 0.29) is 5.60 Å². The van der Waals surface area contributed by atoms with E-state index in [0.29, 0.717) is 11.1 Å². The first-order valence-electron chi connectivity index (χ1n) is 21.0. The molecule has 4 aromatic carbocycles. The van der Waals surface area contributed by atoms with Crippen molar-refractivity contribution in [3.05, 3.63) is 141 Å². The molecule has 6 rings (SSSR count). The maximum atomic E-state index is 6.12. The van der Waals surface area contributed by atoms with Gasteiger partial charge in [0, 0.05) is 17.7 Å². The second kappa shape index (κ2) is 17.3. The quantitative estimate of drug-likeness (QED) is 0.0779. The van der Waals surface area contributed by atoms with Gasteiger partial charge in [0.2, 0.25) is 0 Å². The summed E-state index contributed by atoms with van der Waals surface area (Å²) in [5.41, 5.74) is 18.6. The zero-order valence-corrected chi connectivity index (χ0v) is 35.3. The second-order valence-electron chi connectivity index (χ2n) is 17.5. The standard InChI is InChI=1S/C51H66OSi/c1-9-11-21-39-27-29-43(37(3)33-39)47-35-41-23-15-17-25-45(41)49(47)53(8,32-20-14-13-19-31-52-51(5,6)7)50-46-26-18-16-24-42(46)36-48(50)44-30-28-40(22-12-10-2)34-38(44)4/h15-18,23-30,33-36,49-50H,9-14,19-22,31-32H2,1-8H3. The normalized spacial score (nSPS) is 17.7. The Morgan fingerprint density at radius 3 is 1.51 bits per heavy atom. The van der Waals surface area contributed by atoms with Gasteiger partial charge in [-0.15, -0.1) is 0 Å². The molecule has 53 heavy (non-hydrogen) atoms. The van der Waals surface area contributed by atoms with Crippen molar-refractivity contribution >= 4 is 31.4 Å². The highest BCUT2D eigenvalue weighted by Gasteiger charge is 2.51. The zero-order valence-electron chi connectivity index (χ0n) is 34.3. The van der Waals surface area contributed by atoms with Crippen molar-refractivity contribution in [2.45, 2.75) is 142 Å². The molecule has 2 atom stereocenters. The van der Waals surface area contributed by atoms with Gasteiger partial charge in [-0.3, -0.25) is 0 Å². The molecule has 0 N–H and O–H groups in total. The Kier molecular flexibility index (Phi) is 12.8. The zero-order chi connectivity index (χ0) is 37.6. The van der Waals surface area contributed by atoms with Crippen LogP contribution in [-0.4, -0.2) is 20.3 Å². The highest BCUT2D eigenvalue weighted by Crippen LogP contribution is 2.58. The van der Waals surface area contributed by atoms with Crippen molar-refractivity contribution < 1.29 is 4.74 Å². The van der Waals surface area contributed by atoms with Crippen molar-refractivity contribution in [3.63, 3.8) is 0 Å². The van der Waals surface area contributed by atoms with E-state index < -0.39 is 8.07 Å². The molecular weight excluding hydrogens is 657 g/mol. The monoisotopic (exact) mass is 722 g/mol. The smallest absolute Gasteiger partial charge is 0.0761 e. The fourth-order valence-corrected chi connectivity index (χ4v) is 15.3. The van der Waals surface area contributed by atoms with E-state index in [1.54, 1.807) is 22.3 Å². The first-order chi connectivity index (χ1) is 25.5. The topological polar surface area (TPSA) is 9.23 Å². The van der Waals surface area contributed by atoms with Crippen molar-refractivity contribution in [2.24, 2.45) is 0 Å². The number of fused-ring (bicyclic) bond motifs is 2. The Bertz CT molecular complexity index is 1800. The van der Waals surface area contributed by atoms with Crippen LogP contribution in [0.2, 0.25) is 12.6 Å². The Morgan fingerprint density at radius 1 is 0.585 bits per heavy atom. The summed E-state index contributed by atoms with van der Waals surface area (Å²) in [6, 6.07) is 34.9. The van der Waals surface area contributed by atoms with Crippen LogP contribution in [0.3, 0.4) is 0 Å². The van der Waals surface area contributed by atoms with Crippen molar-refractivity contribution in [3.8, 4) is 0 Å². The Labute approximate surface area is 324 Å². The second-order valence-corrected chi connectivity index (χ2v) is 22.1. The molecule has 0 spiro atoms. The summed E-state index contributed by atoms with van der Waals surface area (Å²) < 4.78 is 6.12. The Balaban J connectivity index is 1.45. The molecule has 0 aliphatic heterocycles.